The zero-order valence-electron chi connectivity index (χ0n) is 16.1. The molecule has 1 atom stereocenters. The molecule has 0 saturated heterocycles. The lowest BCUT2D eigenvalue weighted by molar-refractivity contribution is -0.112. The molecule has 148 valence electrons. The van der Waals surface area contributed by atoms with E-state index in [1.54, 1.807) is 31.5 Å². The molecule has 3 N–H and O–H groups in total. The van der Waals surface area contributed by atoms with Crippen molar-refractivity contribution >= 4 is 50.5 Å². The van der Waals surface area contributed by atoms with Crippen LogP contribution in [0.4, 0.5) is 5.69 Å². The third-order valence-electron chi connectivity index (χ3n) is 5.26. The third kappa shape index (κ3) is 3.14. The maximum Gasteiger partial charge on any atom is 0.255 e. The number of thiocarbonyl (C=S) groups is 1. The van der Waals surface area contributed by atoms with Crippen LogP contribution >= 0.6 is 12.2 Å². The van der Waals surface area contributed by atoms with Crippen LogP contribution < -0.4 is 5.32 Å². The molecule has 6 nitrogen and oxygen atoms in total. The van der Waals surface area contributed by atoms with E-state index in [-0.39, 0.29) is 12.0 Å². The monoisotopic (exact) mass is 414 g/mol. The second-order valence-electron chi connectivity index (χ2n) is 7.07. The molecule has 1 aliphatic carbocycles. The van der Waals surface area contributed by atoms with E-state index in [9.17, 15) is 4.79 Å². The van der Waals surface area contributed by atoms with E-state index < -0.39 is 0 Å². The largest absolute Gasteiger partial charge is 0.372 e. The lowest BCUT2D eigenvalue weighted by Crippen LogP contribution is -2.23. The first-order valence-electron chi connectivity index (χ1n) is 9.45. The summed E-state index contributed by atoms with van der Waals surface area (Å²) in [6, 6.07) is 12.2. The number of amides is 1. The van der Waals surface area contributed by atoms with Crippen molar-refractivity contribution in [1.29, 1.82) is 0 Å². The average molecular weight is 414 g/mol. The van der Waals surface area contributed by atoms with Gasteiger partial charge >= 0.3 is 0 Å². The first kappa shape index (κ1) is 18.5. The number of rotatable bonds is 4. The van der Waals surface area contributed by atoms with Gasteiger partial charge < -0.3 is 15.0 Å². The molecular formula is C23H18N4O2S. The molecule has 30 heavy (non-hydrogen) atoms. The Hall–Kier alpha value is -3.55. The second kappa shape index (κ2) is 7.37. The minimum Gasteiger partial charge on any atom is -0.372 e. The van der Waals surface area contributed by atoms with Crippen LogP contribution in [0.5, 0.6) is 0 Å². The average Bonchev–Trinajstić information content (AvgIpc) is 3.42. The summed E-state index contributed by atoms with van der Waals surface area (Å²) in [5, 5.41) is 12.1. The number of carbonyl (C=O) groups is 1. The minimum atomic E-state index is -0.276. The van der Waals surface area contributed by atoms with Gasteiger partial charge in [-0.25, -0.2) is 0 Å². The van der Waals surface area contributed by atoms with Gasteiger partial charge in [0.05, 0.1) is 17.4 Å². The molecular weight excluding hydrogens is 396 g/mol. The number of aromatic amines is 2. The molecule has 2 heterocycles. The van der Waals surface area contributed by atoms with Crippen molar-refractivity contribution in [2.45, 2.75) is 6.10 Å². The Kier molecular flexibility index (Phi) is 4.54. The van der Waals surface area contributed by atoms with Crippen LogP contribution in [0.1, 0.15) is 0 Å². The molecule has 0 spiro atoms. The summed E-state index contributed by atoms with van der Waals surface area (Å²) in [5.41, 5.74) is 5.13. The highest BCUT2D eigenvalue weighted by atomic mass is 32.1. The van der Waals surface area contributed by atoms with Crippen LogP contribution in [0.2, 0.25) is 0 Å². The number of hydrogen-bond donors (Lipinski definition) is 3. The molecule has 2 aromatic heterocycles. The van der Waals surface area contributed by atoms with Crippen molar-refractivity contribution in [1.82, 2.24) is 15.2 Å². The highest BCUT2D eigenvalue weighted by Gasteiger charge is 2.19. The van der Waals surface area contributed by atoms with Gasteiger partial charge in [0.2, 0.25) is 0 Å². The number of hydrogen-bond acceptors (Lipinski definition) is 4. The molecule has 1 aliphatic rings. The van der Waals surface area contributed by atoms with Crippen LogP contribution in [0.15, 0.2) is 72.6 Å². The lowest BCUT2D eigenvalue weighted by atomic mass is 9.99. The molecule has 7 heteroatoms. The Morgan fingerprint density at radius 3 is 2.93 bits per heavy atom. The highest BCUT2D eigenvalue weighted by Crippen LogP contribution is 2.34. The molecule has 1 unspecified atom stereocenters. The smallest absolute Gasteiger partial charge is 0.255 e. The zero-order chi connectivity index (χ0) is 20.7. The topological polar surface area (TPSA) is 82.8 Å². The van der Waals surface area contributed by atoms with Crippen molar-refractivity contribution < 1.29 is 9.53 Å². The van der Waals surface area contributed by atoms with Crippen LogP contribution in [-0.2, 0) is 9.53 Å². The molecule has 0 fully saturated rings. The molecule has 4 aromatic rings. The number of carbonyl (C=O) groups excluding carboxylic acids is 1. The number of nitrogens with one attached hydrogen (secondary N) is 3. The fraction of sp³-hybridized carbons (Fsp3) is 0.0870. The number of benzene rings is 2. The highest BCUT2D eigenvalue weighted by molar-refractivity contribution is 7.80. The Balaban J connectivity index is 1.55. The first-order chi connectivity index (χ1) is 14.6. The van der Waals surface area contributed by atoms with Gasteiger partial charge in [0.25, 0.3) is 5.91 Å². The van der Waals surface area contributed by atoms with E-state index in [4.69, 9.17) is 17.0 Å². The van der Waals surface area contributed by atoms with Gasteiger partial charge in [0, 0.05) is 40.0 Å². The van der Waals surface area contributed by atoms with E-state index in [1.165, 1.54) is 0 Å². The van der Waals surface area contributed by atoms with Crippen molar-refractivity contribution in [2.24, 2.45) is 0 Å². The number of H-pyrrole nitrogens is 2. The molecule has 0 bridgehead atoms. The SMILES string of the molecule is COC1C=CC(C(=O)Nc2cc(-c3cccc4[nH]ccc34)cc3[nH]ncc23)=CC1=S. The van der Waals surface area contributed by atoms with Gasteiger partial charge in [0.15, 0.2) is 0 Å². The number of ether oxygens (including phenoxy) is 1. The Morgan fingerprint density at radius 1 is 1.20 bits per heavy atom. The van der Waals surface area contributed by atoms with Gasteiger partial charge in [-0.1, -0.05) is 30.4 Å². The van der Waals surface area contributed by atoms with Crippen LogP contribution in [-0.4, -0.2) is 39.2 Å². The number of methoxy groups -OCH3 is 1. The quantitative estimate of drug-likeness (QED) is 0.429. The van der Waals surface area contributed by atoms with Gasteiger partial charge in [-0.2, -0.15) is 5.10 Å². The molecule has 0 radical (unpaired) electrons. The maximum atomic E-state index is 12.9. The van der Waals surface area contributed by atoms with E-state index in [0.717, 1.165) is 32.9 Å². The summed E-state index contributed by atoms with van der Waals surface area (Å²) in [5.74, 6) is -0.234. The van der Waals surface area contributed by atoms with Gasteiger partial charge in [-0.15, -0.1) is 0 Å². The Labute approximate surface area is 177 Å². The summed E-state index contributed by atoms with van der Waals surface area (Å²) >= 11 is 5.32. The zero-order valence-corrected chi connectivity index (χ0v) is 16.9. The molecule has 2 aromatic carbocycles. The summed E-state index contributed by atoms with van der Waals surface area (Å²) in [4.78, 5) is 16.7. The van der Waals surface area contributed by atoms with Crippen molar-refractivity contribution in [3.05, 3.63) is 72.6 Å². The first-order valence-corrected chi connectivity index (χ1v) is 9.86. The Bertz CT molecular complexity index is 1360. The van der Waals surface area contributed by atoms with E-state index in [0.29, 0.717) is 16.1 Å². The summed E-state index contributed by atoms with van der Waals surface area (Å²) < 4.78 is 5.27. The standard InChI is InChI=1S/C23H18N4O2S/c1-29-21-6-5-13(11-22(21)30)23(28)26-19-9-14(10-20-17(19)12-25-27-20)15-3-2-4-18-16(15)7-8-24-18/h2-12,21,24H,1H3,(H,25,27)(H,26,28). The predicted octanol–water partition coefficient (Wildman–Crippen LogP) is 4.53. The van der Waals surface area contributed by atoms with Crippen LogP contribution in [0.3, 0.4) is 0 Å². The summed E-state index contributed by atoms with van der Waals surface area (Å²) in [6.45, 7) is 0. The molecule has 0 aliphatic heterocycles. The molecule has 5 rings (SSSR count). The fourth-order valence-corrected chi connectivity index (χ4v) is 4.05. The fourth-order valence-electron chi connectivity index (χ4n) is 3.75. The van der Waals surface area contributed by atoms with Crippen LogP contribution in [0, 0.1) is 0 Å². The minimum absolute atomic E-state index is 0.234. The lowest BCUT2D eigenvalue weighted by Gasteiger charge is -2.16. The van der Waals surface area contributed by atoms with E-state index >= 15 is 0 Å². The Morgan fingerprint density at radius 2 is 2.10 bits per heavy atom. The number of aromatic nitrogens is 3. The van der Waals surface area contributed by atoms with Gasteiger partial charge in [0.1, 0.15) is 6.10 Å². The summed E-state index contributed by atoms with van der Waals surface area (Å²) in [7, 11) is 1.59. The summed E-state index contributed by atoms with van der Waals surface area (Å²) in [6.07, 6.45) is 8.55. The van der Waals surface area contributed by atoms with Crippen molar-refractivity contribution in [3.63, 3.8) is 0 Å². The number of fused-ring (bicyclic) bond motifs is 2. The van der Waals surface area contributed by atoms with Crippen molar-refractivity contribution in [3.8, 4) is 11.1 Å². The van der Waals surface area contributed by atoms with E-state index in [2.05, 4.69) is 26.6 Å². The molecule has 1 amide bonds. The predicted molar refractivity (Wildman–Crippen MR) is 123 cm³/mol. The molecule has 0 saturated carbocycles. The van der Waals surface area contributed by atoms with E-state index in [1.807, 2.05) is 36.5 Å². The normalized spacial score (nSPS) is 16.2. The number of nitrogens with zero attached hydrogens (tertiary/aromatic N) is 1. The van der Waals surface area contributed by atoms with Crippen molar-refractivity contribution in [2.75, 3.05) is 12.4 Å². The van der Waals surface area contributed by atoms with Gasteiger partial charge in [-0.05, 0) is 47.5 Å². The number of anilines is 1. The van der Waals surface area contributed by atoms with Gasteiger partial charge in [-0.3, -0.25) is 9.89 Å². The maximum absolute atomic E-state index is 12.9. The second-order valence-corrected chi connectivity index (χ2v) is 7.54. The van der Waals surface area contributed by atoms with Crippen LogP contribution in [0.25, 0.3) is 32.9 Å². The third-order valence-corrected chi connectivity index (χ3v) is 5.61.